The van der Waals surface area contributed by atoms with Crippen molar-refractivity contribution >= 4 is 0 Å². The van der Waals surface area contributed by atoms with Gasteiger partial charge in [0.05, 0.1) is 0 Å². The SMILES string of the molecule is CC(NCC1CC2C=CC1C2)c1cc(F)ccc1F. The van der Waals surface area contributed by atoms with Crippen LogP contribution in [0.2, 0.25) is 0 Å². The van der Waals surface area contributed by atoms with E-state index >= 15 is 0 Å². The monoisotopic (exact) mass is 263 g/mol. The average molecular weight is 263 g/mol. The van der Waals surface area contributed by atoms with E-state index in [0.717, 1.165) is 18.5 Å². The van der Waals surface area contributed by atoms with Crippen LogP contribution in [-0.2, 0) is 0 Å². The second-order valence-electron chi connectivity index (χ2n) is 5.84. The maximum Gasteiger partial charge on any atom is 0.128 e. The van der Waals surface area contributed by atoms with E-state index in [4.69, 9.17) is 0 Å². The molecule has 0 spiro atoms. The molecule has 0 aliphatic heterocycles. The van der Waals surface area contributed by atoms with Crippen molar-refractivity contribution < 1.29 is 8.78 Å². The lowest BCUT2D eigenvalue weighted by Crippen LogP contribution is -2.28. The molecule has 19 heavy (non-hydrogen) atoms. The van der Waals surface area contributed by atoms with Gasteiger partial charge in [-0.15, -0.1) is 0 Å². The zero-order valence-electron chi connectivity index (χ0n) is 11.1. The van der Waals surface area contributed by atoms with E-state index in [1.165, 1.54) is 25.0 Å². The number of hydrogen-bond donors (Lipinski definition) is 1. The lowest BCUT2D eigenvalue weighted by molar-refractivity contribution is 0.388. The van der Waals surface area contributed by atoms with Gasteiger partial charge in [-0.1, -0.05) is 12.2 Å². The minimum atomic E-state index is -0.382. The zero-order chi connectivity index (χ0) is 13.4. The number of allylic oxidation sites excluding steroid dienone is 2. The topological polar surface area (TPSA) is 12.0 Å². The molecule has 2 aliphatic carbocycles. The van der Waals surface area contributed by atoms with Gasteiger partial charge < -0.3 is 5.32 Å². The van der Waals surface area contributed by atoms with E-state index in [-0.39, 0.29) is 17.7 Å². The standard InChI is InChI=1S/C16H19F2N/c1-10(15-8-14(17)4-5-16(15)18)19-9-13-7-11-2-3-12(13)6-11/h2-5,8,10-13,19H,6-7,9H2,1H3. The molecule has 1 aromatic carbocycles. The van der Waals surface area contributed by atoms with E-state index in [2.05, 4.69) is 17.5 Å². The zero-order valence-corrected chi connectivity index (χ0v) is 11.1. The van der Waals surface area contributed by atoms with Gasteiger partial charge in [0.15, 0.2) is 0 Å². The lowest BCUT2D eigenvalue weighted by Gasteiger charge is -2.22. The number of nitrogens with one attached hydrogen (secondary N) is 1. The van der Waals surface area contributed by atoms with E-state index in [9.17, 15) is 8.78 Å². The molecule has 4 unspecified atom stereocenters. The maximum atomic E-state index is 13.7. The first-order valence-corrected chi connectivity index (χ1v) is 7.00. The highest BCUT2D eigenvalue weighted by Gasteiger charge is 2.35. The Morgan fingerprint density at radius 3 is 2.79 bits per heavy atom. The van der Waals surface area contributed by atoms with Gasteiger partial charge in [0.2, 0.25) is 0 Å². The van der Waals surface area contributed by atoms with Crippen LogP contribution in [0.5, 0.6) is 0 Å². The van der Waals surface area contributed by atoms with Gasteiger partial charge in [-0.05, 0) is 62.3 Å². The van der Waals surface area contributed by atoms with E-state index < -0.39 is 0 Å². The molecular formula is C16H19F2N. The highest BCUT2D eigenvalue weighted by molar-refractivity contribution is 5.22. The molecule has 1 fully saturated rings. The summed E-state index contributed by atoms with van der Waals surface area (Å²) in [6.45, 7) is 2.77. The summed E-state index contributed by atoms with van der Waals surface area (Å²) in [5.74, 6) is 1.36. The molecule has 1 aromatic rings. The third-order valence-corrected chi connectivity index (χ3v) is 4.53. The summed E-state index contributed by atoms with van der Waals surface area (Å²) >= 11 is 0. The fraction of sp³-hybridized carbons (Fsp3) is 0.500. The van der Waals surface area contributed by atoms with E-state index in [0.29, 0.717) is 17.4 Å². The Balaban J connectivity index is 1.60. The molecular weight excluding hydrogens is 244 g/mol. The van der Waals surface area contributed by atoms with Crippen LogP contribution >= 0.6 is 0 Å². The van der Waals surface area contributed by atoms with E-state index in [1.807, 2.05) is 6.92 Å². The number of benzene rings is 1. The van der Waals surface area contributed by atoms with Gasteiger partial charge >= 0.3 is 0 Å². The molecule has 3 heteroatoms. The molecule has 3 rings (SSSR count). The van der Waals surface area contributed by atoms with Crippen LogP contribution < -0.4 is 5.32 Å². The van der Waals surface area contributed by atoms with Gasteiger partial charge in [-0.2, -0.15) is 0 Å². The summed E-state index contributed by atoms with van der Waals surface area (Å²) in [5.41, 5.74) is 0.415. The number of rotatable bonds is 4. The van der Waals surface area contributed by atoms with Crippen LogP contribution in [0.1, 0.15) is 31.4 Å². The number of halogens is 2. The Morgan fingerprint density at radius 2 is 2.11 bits per heavy atom. The molecule has 0 heterocycles. The molecule has 1 N–H and O–H groups in total. The summed E-state index contributed by atoms with van der Waals surface area (Å²) in [5, 5.41) is 3.35. The summed E-state index contributed by atoms with van der Waals surface area (Å²) in [4.78, 5) is 0. The lowest BCUT2D eigenvalue weighted by atomic mass is 9.93. The average Bonchev–Trinajstić information content (AvgIpc) is 3.01. The van der Waals surface area contributed by atoms with Crippen molar-refractivity contribution in [3.05, 3.63) is 47.5 Å². The summed E-state index contributed by atoms with van der Waals surface area (Å²) < 4.78 is 26.8. The molecule has 1 saturated carbocycles. The van der Waals surface area contributed by atoms with Crippen molar-refractivity contribution in [3.8, 4) is 0 Å². The Kier molecular flexibility index (Phi) is 3.40. The van der Waals surface area contributed by atoms with Crippen LogP contribution in [0.3, 0.4) is 0 Å². The Morgan fingerprint density at radius 1 is 1.26 bits per heavy atom. The molecule has 4 atom stereocenters. The first-order valence-electron chi connectivity index (χ1n) is 7.00. The molecule has 0 saturated heterocycles. The van der Waals surface area contributed by atoms with Crippen molar-refractivity contribution in [2.75, 3.05) is 6.54 Å². The molecule has 2 aliphatic rings. The summed E-state index contributed by atoms with van der Waals surface area (Å²) in [6, 6.07) is 3.49. The second kappa shape index (κ2) is 5.04. The predicted octanol–water partition coefficient (Wildman–Crippen LogP) is 3.83. The summed E-state index contributed by atoms with van der Waals surface area (Å²) in [6.07, 6.45) is 7.13. The molecule has 0 radical (unpaired) electrons. The highest BCUT2D eigenvalue weighted by atomic mass is 19.1. The quantitative estimate of drug-likeness (QED) is 0.814. The van der Waals surface area contributed by atoms with Crippen molar-refractivity contribution in [2.24, 2.45) is 17.8 Å². The molecule has 0 aromatic heterocycles. The van der Waals surface area contributed by atoms with Crippen molar-refractivity contribution in [1.82, 2.24) is 5.32 Å². The molecule has 1 nitrogen and oxygen atoms in total. The van der Waals surface area contributed by atoms with Crippen LogP contribution in [0.15, 0.2) is 30.4 Å². The number of fused-ring (bicyclic) bond motifs is 2. The van der Waals surface area contributed by atoms with Crippen molar-refractivity contribution in [2.45, 2.75) is 25.8 Å². The van der Waals surface area contributed by atoms with Gasteiger partial charge in [-0.3, -0.25) is 0 Å². The van der Waals surface area contributed by atoms with Gasteiger partial charge in [0.1, 0.15) is 11.6 Å². The fourth-order valence-corrected chi connectivity index (χ4v) is 3.41. The first kappa shape index (κ1) is 12.8. The van der Waals surface area contributed by atoms with E-state index in [1.54, 1.807) is 0 Å². The van der Waals surface area contributed by atoms with Crippen LogP contribution in [0, 0.1) is 29.4 Å². The third kappa shape index (κ3) is 2.57. The largest absolute Gasteiger partial charge is 0.310 e. The second-order valence-corrected chi connectivity index (χ2v) is 5.84. The minimum absolute atomic E-state index is 0.154. The van der Waals surface area contributed by atoms with Crippen LogP contribution in [-0.4, -0.2) is 6.54 Å². The third-order valence-electron chi connectivity index (χ3n) is 4.53. The van der Waals surface area contributed by atoms with Crippen LogP contribution in [0.4, 0.5) is 8.78 Å². The molecule has 2 bridgehead atoms. The Labute approximate surface area is 112 Å². The normalized spacial score (nSPS) is 29.9. The van der Waals surface area contributed by atoms with Gasteiger partial charge in [-0.25, -0.2) is 8.78 Å². The van der Waals surface area contributed by atoms with Crippen LogP contribution in [0.25, 0.3) is 0 Å². The fourth-order valence-electron chi connectivity index (χ4n) is 3.41. The van der Waals surface area contributed by atoms with Crippen molar-refractivity contribution in [1.29, 1.82) is 0 Å². The summed E-state index contributed by atoms with van der Waals surface area (Å²) in [7, 11) is 0. The maximum absolute atomic E-state index is 13.7. The Hall–Kier alpha value is -1.22. The van der Waals surface area contributed by atoms with Gasteiger partial charge in [0, 0.05) is 11.6 Å². The predicted molar refractivity (Wildman–Crippen MR) is 71.6 cm³/mol. The number of hydrogen-bond acceptors (Lipinski definition) is 1. The first-order chi connectivity index (χ1) is 9.13. The highest BCUT2D eigenvalue weighted by Crippen LogP contribution is 2.43. The van der Waals surface area contributed by atoms with Gasteiger partial charge in [0.25, 0.3) is 0 Å². The smallest absolute Gasteiger partial charge is 0.128 e. The molecule has 0 amide bonds. The van der Waals surface area contributed by atoms with Crippen molar-refractivity contribution in [3.63, 3.8) is 0 Å². The molecule has 102 valence electrons. The Bertz CT molecular complexity index is 498. The minimum Gasteiger partial charge on any atom is -0.310 e.